The van der Waals surface area contributed by atoms with E-state index in [0.29, 0.717) is 10.7 Å². The zero-order valence-corrected chi connectivity index (χ0v) is 11.2. The molecule has 0 unspecified atom stereocenters. The molecule has 0 aliphatic rings. The lowest BCUT2D eigenvalue weighted by atomic mass is 10.1. The minimum atomic E-state index is -0.275. The first-order valence-electron chi connectivity index (χ1n) is 6.43. The minimum absolute atomic E-state index is 0.275. The molecule has 17 heavy (non-hydrogen) atoms. The first-order chi connectivity index (χ1) is 8.24. The Bertz CT molecular complexity index is 328. The molecule has 0 aliphatic carbocycles. The lowest BCUT2D eigenvalue weighted by Gasteiger charge is -2.07. The average molecular weight is 258 g/mol. The predicted molar refractivity (Wildman–Crippen MR) is 73.3 cm³/mol. The highest BCUT2D eigenvalue weighted by Gasteiger charge is 2.01. The van der Waals surface area contributed by atoms with Gasteiger partial charge in [0.2, 0.25) is 0 Å². The summed E-state index contributed by atoms with van der Waals surface area (Å²) in [7, 11) is 0. The molecule has 0 bridgehead atoms. The third-order valence-electron chi connectivity index (χ3n) is 2.78. The van der Waals surface area contributed by atoms with Gasteiger partial charge in [-0.05, 0) is 24.6 Å². The summed E-state index contributed by atoms with van der Waals surface area (Å²) in [5.41, 5.74) is 0.544. The molecular formula is C14H21ClFN. The maximum Gasteiger partial charge on any atom is 0.147 e. The summed E-state index contributed by atoms with van der Waals surface area (Å²) in [6.07, 6.45) is 7.48. The van der Waals surface area contributed by atoms with Gasteiger partial charge in [0.05, 0.1) is 5.69 Å². The normalized spacial score (nSPS) is 10.5. The third kappa shape index (κ3) is 5.92. The molecule has 1 aromatic rings. The van der Waals surface area contributed by atoms with Crippen molar-refractivity contribution in [2.75, 3.05) is 11.9 Å². The van der Waals surface area contributed by atoms with Crippen LogP contribution in [-0.4, -0.2) is 6.54 Å². The minimum Gasteiger partial charge on any atom is -0.383 e. The molecule has 1 aromatic carbocycles. The van der Waals surface area contributed by atoms with Crippen LogP contribution in [-0.2, 0) is 0 Å². The Labute approximate surface area is 108 Å². The number of hydrogen-bond donors (Lipinski definition) is 1. The van der Waals surface area contributed by atoms with Crippen LogP contribution in [0.2, 0.25) is 5.02 Å². The molecule has 1 nitrogen and oxygen atoms in total. The van der Waals surface area contributed by atoms with Gasteiger partial charge >= 0.3 is 0 Å². The van der Waals surface area contributed by atoms with Crippen molar-refractivity contribution in [2.24, 2.45) is 0 Å². The van der Waals surface area contributed by atoms with E-state index in [9.17, 15) is 4.39 Å². The molecule has 3 heteroatoms. The van der Waals surface area contributed by atoms with Crippen LogP contribution in [0.25, 0.3) is 0 Å². The fourth-order valence-electron chi connectivity index (χ4n) is 1.76. The Morgan fingerprint density at radius 1 is 1.12 bits per heavy atom. The second-order valence-corrected chi connectivity index (χ2v) is 4.76. The van der Waals surface area contributed by atoms with E-state index in [0.717, 1.165) is 13.0 Å². The Hall–Kier alpha value is -0.760. The Kier molecular flexibility index (Phi) is 7.02. The van der Waals surface area contributed by atoms with Crippen molar-refractivity contribution < 1.29 is 4.39 Å². The first-order valence-corrected chi connectivity index (χ1v) is 6.80. The molecule has 0 radical (unpaired) electrons. The summed E-state index contributed by atoms with van der Waals surface area (Å²) >= 11 is 5.68. The van der Waals surface area contributed by atoms with Gasteiger partial charge in [-0.25, -0.2) is 4.39 Å². The number of anilines is 1. The first kappa shape index (κ1) is 14.3. The maximum absolute atomic E-state index is 13.4. The Morgan fingerprint density at radius 2 is 1.82 bits per heavy atom. The second-order valence-electron chi connectivity index (χ2n) is 4.32. The van der Waals surface area contributed by atoms with Crippen LogP contribution < -0.4 is 5.32 Å². The molecule has 96 valence electrons. The number of halogens is 2. The molecule has 0 aromatic heterocycles. The lowest BCUT2D eigenvalue weighted by molar-refractivity contribution is 0.611. The van der Waals surface area contributed by atoms with Crippen LogP contribution in [0, 0.1) is 5.82 Å². The Balaban J connectivity index is 2.14. The lowest BCUT2D eigenvalue weighted by Crippen LogP contribution is -2.03. The highest BCUT2D eigenvalue weighted by Crippen LogP contribution is 2.18. The van der Waals surface area contributed by atoms with Crippen LogP contribution in [0.4, 0.5) is 10.1 Å². The number of hydrogen-bond acceptors (Lipinski definition) is 1. The van der Waals surface area contributed by atoms with Gasteiger partial charge in [-0.2, -0.15) is 0 Å². The molecular weight excluding hydrogens is 237 g/mol. The predicted octanol–water partition coefficient (Wildman–Crippen LogP) is 5.25. The zero-order valence-electron chi connectivity index (χ0n) is 10.4. The van der Waals surface area contributed by atoms with E-state index in [1.165, 1.54) is 38.2 Å². The summed E-state index contributed by atoms with van der Waals surface area (Å²) in [5.74, 6) is -0.275. The van der Waals surface area contributed by atoms with E-state index in [-0.39, 0.29) is 5.82 Å². The van der Waals surface area contributed by atoms with Gasteiger partial charge in [-0.1, -0.05) is 50.6 Å². The van der Waals surface area contributed by atoms with Crippen LogP contribution in [0.15, 0.2) is 18.2 Å². The van der Waals surface area contributed by atoms with E-state index in [1.807, 2.05) is 0 Å². The quantitative estimate of drug-likeness (QED) is 0.627. The maximum atomic E-state index is 13.4. The number of unbranched alkanes of at least 4 members (excludes halogenated alkanes) is 5. The SMILES string of the molecule is CCCCCCCCNc1ccc(Cl)cc1F. The molecule has 0 atom stereocenters. The molecule has 0 saturated carbocycles. The second kappa shape index (κ2) is 8.35. The molecule has 1 N–H and O–H groups in total. The fourth-order valence-corrected chi connectivity index (χ4v) is 1.92. The number of benzene rings is 1. The monoisotopic (exact) mass is 257 g/mol. The molecule has 0 fully saturated rings. The molecule has 0 spiro atoms. The van der Waals surface area contributed by atoms with Crippen LogP contribution in [0.3, 0.4) is 0 Å². The fraction of sp³-hybridized carbons (Fsp3) is 0.571. The van der Waals surface area contributed by atoms with Crippen molar-refractivity contribution >= 4 is 17.3 Å². The van der Waals surface area contributed by atoms with E-state index in [1.54, 1.807) is 12.1 Å². The molecule has 0 heterocycles. The smallest absolute Gasteiger partial charge is 0.147 e. The van der Waals surface area contributed by atoms with Gasteiger partial charge in [-0.3, -0.25) is 0 Å². The van der Waals surface area contributed by atoms with Gasteiger partial charge in [-0.15, -0.1) is 0 Å². The average Bonchev–Trinajstić information content (AvgIpc) is 2.30. The summed E-state index contributed by atoms with van der Waals surface area (Å²) in [6, 6.07) is 4.73. The van der Waals surface area contributed by atoms with Gasteiger partial charge in [0, 0.05) is 11.6 Å². The highest BCUT2D eigenvalue weighted by atomic mass is 35.5. The van der Waals surface area contributed by atoms with Crippen molar-refractivity contribution in [3.05, 3.63) is 29.0 Å². The summed E-state index contributed by atoms with van der Waals surface area (Å²) in [5, 5.41) is 3.54. The van der Waals surface area contributed by atoms with E-state index < -0.39 is 0 Å². The van der Waals surface area contributed by atoms with Crippen molar-refractivity contribution in [2.45, 2.75) is 45.4 Å². The van der Waals surface area contributed by atoms with E-state index in [4.69, 9.17) is 11.6 Å². The van der Waals surface area contributed by atoms with Crippen molar-refractivity contribution in [1.82, 2.24) is 0 Å². The largest absolute Gasteiger partial charge is 0.383 e. The topological polar surface area (TPSA) is 12.0 Å². The van der Waals surface area contributed by atoms with E-state index >= 15 is 0 Å². The van der Waals surface area contributed by atoms with Gasteiger partial charge in [0.15, 0.2) is 0 Å². The number of nitrogens with one attached hydrogen (secondary N) is 1. The highest BCUT2D eigenvalue weighted by molar-refractivity contribution is 6.30. The summed E-state index contributed by atoms with van der Waals surface area (Å²) < 4.78 is 13.4. The van der Waals surface area contributed by atoms with Crippen LogP contribution in [0.5, 0.6) is 0 Å². The van der Waals surface area contributed by atoms with Crippen LogP contribution in [0.1, 0.15) is 45.4 Å². The summed E-state index contributed by atoms with van der Waals surface area (Å²) in [4.78, 5) is 0. The van der Waals surface area contributed by atoms with E-state index in [2.05, 4.69) is 12.2 Å². The van der Waals surface area contributed by atoms with Gasteiger partial charge in [0.1, 0.15) is 5.82 Å². The summed E-state index contributed by atoms with van der Waals surface area (Å²) in [6.45, 7) is 3.04. The van der Waals surface area contributed by atoms with Crippen molar-refractivity contribution in [3.8, 4) is 0 Å². The standard InChI is InChI=1S/C14H21ClFN/c1-2-3-4-5-6-7-10-17-14-9-8-12(15)11-13(14)16/h8-9,11,17H,2-7,10H2,1H3. The zero-order chi connectivity index (χ0) is 12.5. The van der Waals surface area contributed by atoms with Crippen molar-refractivity contribution in [3.63, 3.8) is 0 Å². The van der Waals surface area contributed by atoms with Gasteiger partial charge < -0.3 is 5.32 Å². The Morgan fingerprint density at radius 3 is 2.53 bits per heavy atom. The number of rotatable bonds is 8. The molecule has 0 aliphatic heterocycles. The molecule has 0 saturated heterocycles. The van der Waals surface area contributed by atoms with Crippen molar-refractivity contribution in [1.29, 1.82) is 0 Å². The van der Waals surface area contributed by atoms with Crippen LogP contribution >= 0.6 is 11.6 Å². The molecule has 0 amide bonds. The molecule has 1 rings (SSSR count). The van der Waals surface area contributed by atoms with Gasteiger partial charge in [0.25, 0.3) is 0 Å². The third-order valence-corrected chi connectivity index (χ3v) is 3.01.